The first-order chi connectivity index (χ1) is 14.2. The summed E-state index contributed by atoms with van der Waals surface area (Å²) >= 11 is 0. The van der Waals surface area contributed by atoms with Crippen LogP contribution in [0.2, 0.25) is 0 Å². The van der Waals surface area contributed by atoms with E-state index < -0.39 is 0 Å². The fourth-order valence-corrected chi connectivity index (χ4v) is 4.57. The van der Waals surface area contributed by atoms with E-state index in [1.54, 1.807) is 10.6 Å². The smallest absolute Gasteiger partial charge is 0.270 e. The molecule has 1 aliphatic heterocycles. The van der Waals surface area contributed by atoms with Crippen molar-refractivity contribution in [2.75, 3.05) is 11.9 Å². The molecule has 29 heavy (non-hydrogen) atoms. The highest BCUT2D eigenvalue weighted by molar-refractivity contribution is 5.79. The lowest BCUT2D eigenvalue weighted by Crippen LogP contribution is -2.26. The fraction of sp³-hybridized carbons (Fsp3) is 0.348. The molecule has 2 N–H and O–H groups in total. The van der Waals surface area contributed by atoms with E-state index in [-0.39, 0.29) is 17.2 Å². The highest BCUT2D eigenvalue weighted by atomic mass is 16.1. The van der Waals surface area contributed by atoms with Crippen molar-refractivity contribution in [2.45, 2.75) is 44.7 Å². The van der Waals surface area contributed by atoms with E-state index in [9.17, 15) is 10.1 Å². The zero-order chi connectivity index (χ0) is 19.8. The maximum Gasteiger partial charge on any atom is 0.270 e. The zero-order valence-electron chi connectivity index (χ0n) is 16.2. The first-order valence-electron chi connectivity index (χ1n) is 10.3. The Bertz CT molecular complexity index is 1180. The molecule has 1 aliphatic carbocycles. The Morgan fingerprint density at radius 1 is 1.14 bits per heavy atom. The van der Waals surface area contributed by atoms with E-state index in [2.05, 4.69) is 34.9 Å². The van der Waals surface area contributed by atoms with Crippen molar-refractivity contribution in [3.05, 3.63) is 63.4 Å². The summed E-state index contributed by atoms with van der Waals surface area (Å²) in [5.74, 6) is 0.706. The minimum absolute atomic E-state index is 0.121. The molecule has 0 unspecified atom stereocenters. The van der Waals surface area contributed by atoms with Gasteiger partial charge in [0.2, 0.25) is 0 Å². The molecule has 0 atom stereocenters. The van der Waals surface area contributed by atoms with E-state index in [1.165, 1.54) is 11.1 Å². The van der Waals surface area contributed by atoms with Crippen LogP contribution >= 0.6 is 0 Å². The van der Waals surface area contributed by atoms with Gasteiger partial charge in [-0.05, 0) is 67.3 Å². The molecule has 146 valence electrons. The van der Waals surface area contributed by atoms with Crippen LogP contribution in [0.3, 0.4) is 0 Å². The number of hydrogen-bond donors (Lipinski definition) is 2. The van der Waals surface area contributed by atoms with Gasteiger partial charge in [0, 0.05) is 23.7 Å². The molecule has 6 nitrogen and oxygen atoms in total. The Labute approximate surface area is 169 Å². The van der Waals surface area contributed by atoms with Crippen molar-refractivity contribution in [3.63, 3.8) is 0 Å². The van der Waals surface area contributed by atoms with Gasteiger partial charge in [-0.25, -0.2) is 4.98 Å². The van der Waals surface area contributed by atoms with Gasteiger partial charge in [-0.3, -0.25) is 9.36 Å². The Kier molecular flexibility index (Phi) is 4.53. The Balaban J connectivity index is 1.57. The van der Waals surface area contributed by atoms with Crippen LogP contribution in [0.5, 0.6) is 0 Å². The third kappa shape index (κ3) is 3.28. The van der Waals surface area contributed by atoms with E-state index in [4.69, 9.17) is 4.98 Å². The van der Waals surface area contributed by atoms with Crippen LogP contribution in [0.4, 0.5) is 11.5 Å². The molecule has 0 radical (unpaired) electrons. The third-order valence-corrected chi connectivity index (χ3v) is 6.06. The van der Waals surface area contributed by atoms with Gasteiger partial charge in [-0.2, -0.15) is 5.26 Å². The van der Waals surface area contributed by atoms with E-state index in [0.29, 0.717) is 11.5 Å². The van der Waals surface area contributed by atoms with Crippen LogP contribution in [0.15, 0.2) is 41.2 Å². The molecule has 2 aromatic heterocycles. The number of benzene rings is 1. The highest BCUT2D eigenvalue weighted by Gasteiger charge is 2.22. The van der Waals surface area contributed by atoms with Gasteiger partial charge >= 0.3 is 0 Å². The molecular formula is C23H23N5O. The number of fused-ring (bicyclic) bond motifs is 2. The van der Waals surface area contributed by atoms with Crippen LogP contribution in [-0.4, -0.2) is 16.1 Å². The molecule has 1 fully saturated rings. The molecule has 3 aromatic rings. The van der Waals surface area contributed by atoms with Crippen LogP contribution in [0.1, 0.15) is 48.4 Å². The fourth-order valence-electron chi connectivity index (χ4n) is 4.57. The summed E-state index contributed by atoms with van der Waals surface area (Å²) in [6.07, 6.45) is 5.19. The minimum atomic E-state index is -0.226. The lowest BCUT2D eigenvalue weighted by Gasteiger charge is -2.19. The van der Waals surface area contributed by atoms with E-state index in [0.717, 1.165) is 56.3 Å². The molecule has 1 saturated carbocycles. The molecule has 3 heterocycles. The van der Waals surface area contributed by atoms with Gasteiger partial charge in [0.05, 0.1) is 0 Å². The monoisotopic (exact) mass is 385 g/mol. The van der Waals surface area contributed by atoms with Gasteiger partial charge < -0.3 is 10.6 Å². The number of pyridine rings is 2. The van der Waals surface area contributed by atoms with Crippen molar-refractivity contribution in [3.8, 4) is 6.07 Å². The minimum Gasteiger partial charge on any atom is -0.340 e. The quantitative estimate of drug-likeness (QED) is 0.717. The second-order valence-electron chi connectivity index (χ2n) is 7.93. The van der Waals surface area contributed by atoms with Crippen LogP contribution in [0.25, 0.3) is 11.0 Å². The van der Waals surface area contributed by atoms with Gasteiger partial charge in [-0.15, -0.1) is 0 Å². The summed E-state index contributed by atoms with van der Waals surface area (Å²) in [5.41, 5.74) is 4.31. The van der Waals surface area contributed by atoms with Gasteiger partial charge in [0.25, 0.3) is 5.56 Å². The van der Waals surface area contributed by atoms with E-state index in [1.807, 2.05) is 12.1 Å². The van der Waals surface area contributed by atoms with E-state index >= 15 is 0 Å². The van der Waals surface area contributed by atoms with Crippen molar-refractivity contribution >= 4 is 22.5 Å². The Morgan fingerprint density at radius 2 is 2.00 bits per heavy atom. The van der Waals surface area contributed by atoms with Crippen molar-refractivity contribution in [2.24, 2.45) is 0 Å². The SMILES string of the molecule is N#Cc1cc2ccc(Nc3ccc4c(c3)CNCC4)nc2n(C2CCCC2)c1=O. The molecule has 6 heteroatoms. The summed E-state index contributed by atoms with van der Waals surface area (Å²) in [5, 5.41) is 17.0. The normalized spacial score (nSPS) is 16.5. The second-order valence-corrected chi connectivity index (χ2v) is 7.93. The Morgan fingerprint density at radius 3 is 2.83 bits per heavy atom. The molecule has 2 aliphatic rings. The van der Waals surface area contributed by atoms with Crippen molar-refractivity contribution in [1.29, 1.82) is 5.26 Å². The maximum atomic E-state index is 12.9. The third-order valence-electron chi connectivity index (χ3n) is 6.06. The van der Waals surface area contributed by atoms with Gasteiger partial charge in [0.15, 0.2) is 0 Å². The van der Waals surface area contributed by atoms with Crippen molar-refractivity contribution in [1.82, 2.24) is 14.9 Å². The molecule has 5 rings (SSSR count). The average molecular weight is 385 g/mol. The predicted molar refractivity (Wildman–Crippen MR) is 113 cm³/mol. The number of aromatic nitrogens is 2. The van der Waals surface area contributed by atoms with Crippen LogP contribution in [0, 0.1) is 11.3 Å². The standard InChI is InChI=1S/C23H23N5O/c24-13-17-11-16-6-8-21(26-19-7-5-15-9-10-25-14-18(15)12-19)27-22(16)28(23(17)29)20-3-1-2-4-20/h5-8,11-12,20,25H,1-4,9-10,14H2,(H,26,27). The number of nitriles is 1. The maximum absolute atomic E-state index is 12.9. The number of rotatable bonds is 3. The molecular weight excluding hydrogens is 362 g/mol. The van der Waals surface area contributed by atoms with Gasteiger partial charge in [-0.1, -0.05) is 18.9 Å². The predicted octanol–water partition coefficient (Wildman–Crippen LogP) is 3.77. The van der Waals surface area contributed by atoms with Gasteiger partial charge in [0.1, 0.15) is 23.1 Å². The molecule has 0 bridgehead atoms. The topological polar surface area (TPSA) is 82.7 Å². The molecule has 0 spiro atoms. The Hall–Kier alpha value is -3.17. The zero-order valence-corrected chi connectivity index (χ0v) is 16.2. The number of hydrogen-bond acceptors (Lipinski definition) is 5. The first kappa shape index (κ1) is 17.9. The lowest BCUT2D eigenvalue weighted by atomic mass is 10.0. The molecule has 0 saturated heterocycles. The number of nitrogens with zero attached hydrogens (tertiary/aromatic N) is 3. The largest absolute Gasteiger partial charge is 0.340 e. The first-order valence-corrected chi connectivity index (χ1v) is 10.3. The molecule has 1 aromatic carbocycles. The molecule has 0 amide bonds. The second kappa shape index (κ2) is 7.34. The lowest BCUT2D eigenvalue weighted by molar-refractivity contribution is 0.515. The summed E-state index contributed by atoms with van der Waals surface area (Å²) in [6.45, 7) is 1.91. The summed E-state index contributed by atoms with van der Waals surface area (Å²) in [7, 11) is 0. The average Bonchev–Trinajstić information content (AvgIpc) is 3.27. The summed E-state index contributed by atoms with van der Waals surface area (Å²) in [6, 6.07) is 14.1. The number of anilines is 2. The highest BCUT2D eigenvalue weighted by Crippen LogP contribution is 2.31. The van der Waals surface area contributed by atoms with Crippen molar-refractivity contribution < 1.29 is 0 Å². The van der Waals surface area contributed by atoms with Crippen LogP contribution < -0.4 is 16.2 Å². The number of nitrogens with one attached hydrogen (secondary N) is 2. The van der Waals surface area contributed by atoms with Crippen LogP contribution in [-0.2, 0) is 13.0 Å². The summed E-state index contributed by atoms with van der Waals surface area (Å²) < 4.78 is 1.75. The summed E-state index contributed by atoms with van der Waals surface area (Å²) in [4.78, 5) is 17.7.